The Bertz CT molecular complexity index is 509. The Morgan fingerprint density at radius 2 is 1.83 bits per heavy atom. The molecule has 1 rings (SSSR count). The van der Waals surface area contributed by atoms with Crippen LogP contribution in [-0.2, 0) is 11.0 Å². The summed E-state index contributed by atoms with van der Waals surface area (Å²) in [5.74, 6) is -2.05. The van der Waals surface area contributed by atoms with Crippen LogP contribution in [0.3, 0.4) is 0 Å². The maximum absolute atomic E-state index is 12.6. The molecule has 0 radical (unpaired) electrons. The second-order valence-corrected chi connectivity index (χ2v) is 3.64. The minimum absolute atomic E-state index is 0.322. The second kappa shape index (κ2) is 4.67. The average Bonchev–Trinajstić information content (AvgIpc) is 2.17. The van der Waals surface area contributed by atoms with Crippen LogP contribution in [0.4, 0.5) is 18.9 Å². The summed E-state index contributed by atoms with van der Waals surface area (Å²) in [6.45, 7) is 2.20. The number of carboxylic acid groups (broad SMARTS) is 1. The summed E-state index contributed by atoms with van der Waals surface area (Å²) in [6.07, 6.45) is -4.60. The third-order valence-electron chi connectivity index (χ3n) is 2.30. The average molecular weight is 261 g/mol. The molecule has 0 spiro atoms. The van der Waals surface area contributed by atoms with Gasteiger partial charge < -0.3 is 10.4 Å². The number of rotatable bonds is 2. The van der Waals surface area contributed by atoms with Gasteiger partial charge in [0.2, 0.25) is 5.91 Å². The van der Waals surface area contributed by atoms with Crippen molar-refractivity contribution in [1.29, 1.82) is 0 Å². The number of benzene rings is 1. The molecule has 0 saturated carbocycles. The van der Waals surface area contributed by atoms with E-state index < -0.39 is 23.6 Å². The third kappa shape index (κ3) is 2.79. The van der Waals surface area contributed by atoms with Gasteiger partial charge in [-0.15, -0.1) is 0 Å². The molecule has 0 heterocycles. The van der Waals surface area contributed by atoms with Crippen molar-refractivity contribution in [1.82, 2.24) is 0 Å². The third-order valence-corrected chi connectivity index (χ3v) is 2.30. The van der Waals surface area contributed by atoms with Gasteiger partial charge in [-0.1, -0.05) is 0 Å². The van der Waals surface area contributed by atoms with Crippen LogP contribution in [-0.4, -0.2) is 17.0 Å². The molecule has 1 aromatic rings. The molecule has 7 heteroatoms. The van der Waals surface area contributed by atoms with Gasteiger partial charge in [-0.25, -0.2) is 4.79 Å². The first-order chi connectivity index (χ1) is 8.14. The standard InChI is InChI=1S/C11H10F3NO3/c1-5-8(11(12,13)14)4-3-7(10(17)18)9(5)15-6(2)16/h3-4H,1-2H3,(H,15,16)(H,17,18). The maximum Gasteiger partial charge on any atom is 0.416 e. The van der Waals surface area contributed by atoms with Gasteiger partial charge in [0.1, 0.15) is 0 Å². The molecule has 0 unspecified atom stereocenters. The summed E-state index contributed by atoms with van der Waals surface area (Å²) in [6, 6.07) is 1.51. The fourth-order valence-electron chi connectivity index (χ4n) is 1.53. The minimum Gasteiger partial charge on any atom is -0.478 e. The number of aromatic carboxylic acids is 1. The van der Waals surface area contributed by atoms with E-state index >= 15 is 0 Å². The lowest BCUT2D eigenvalue weighted by molar-refractivity contribution is -0.138. The molecule has 0 aromatic heterocycles. The lowest BCUT2D eigenvalue weighted by Crippen LogP contribution is -2.16. The predicted molar refractivity (Wildman–Crippen MR) is 57.4 cm³/mol. The van der Waals surface area contributed by atoms with E-state index in [-0.39, 0.29) is 16.8 Å². The molecule has 0 bridgehead atoms. The number of anilines is 1. The van der Waals surface area contributed by atoms with Crippen molar-refractivity contribution in [3.63, 3.8) is 0 Å². The molecule has 4 nitrogen and oxygen atoms in total. The zero-order valence-electron chi connectivity index (χ0n) is 9.55. The van der Waals surface area contributed by atoms with Crippen molar-refractivity contribution in [2.75, 3.05) is 5.32 Å². The van der Waals surface area contributed by atoms with Gasteiger partial charge in [0.25, 0.3) is 0 Å². The van der Waals surface area contributed by atoms with Gasteiger partial charge in [0, 0.05) is 6.92 Å². The van der Waals surface area contributed by atoms with E-state index in [9.17, 15) is 22.8 Å². The molecule has 0 aliphatic heterocycles. The van der Waals surface area contributed by atoms with Crippen molar-refractivity contribution >= 4 is 17.6 Å². The molecule has 1 amide bonds. The van der Waals surface area contributed by atoms with Crippen LogP contribution < -0.4 is 5.32 Å². The van der Waals surface area contributed by atoms with Gasteiger partial charge in [0.15, 0.2) is 0 Å². The Balaban J connectivity index is 3.49. The van der Waals surface area contributed by atoms with Gasteiger partial charge in [0.05, 0.1) is 16.8 Å². The highest BCUT2D eigenvalue weighted by atomic mass is 19.4. The number of halogens is 3. The number of carbonyl (C=O) groups excluding carboxylic acids is 1. The molecule has 1 aromatic carbocycles. The Hall–Kier alpha value is -2.05. The Morgan fingerprint density at radius 1 is 1.28 bits per heavy atom. The molecule has 98 valence electrons. The second-order valence-electron chi connectivity index (χ2n) is 3.64. The van der Waals surface area contributed by atoms with E-state index in [2.05, 4.69) is 5.32 Å². The lowest BCUT2D eigenvalue weighted by atomic mass is 10.0. The summed E-state index contributed by atoms with van der Waals surface area (Å²) in [4.78, 5) is 21.8. The Kier molecular flexibility index (Phi) is 3.64. The van der Waals surface area contributed by atoms with E-state index in [1.807, 2.05) is 0 Å². The predicted octanol–water partition coefficient (Wildman–Crippen LogP) is 2.67. The molecule has 0 aliphatic rings. The highest BCUT2D eigenvalue weighted by Crippen LogP contribution is 2.36. The summed E-state index contributed by atoms with van der Waals surface area (Å²) >= 11 is 0. The summed E-state index contributed by atoms with van der Waals surface area (Å²) in [5, 5.41) is 11.0. The van der Waals surface area contributed by atoms with Crippen LogP contribution >= 0.6 is 0 Å². The monoisotopic (exact) mass is 261 g/mol. The number of hydrogen-bond donors (Lipinski definition) is 2. The number of amides is 1. The first-order valence-electron chi connectivity index (χ1n) is 4.86. The van der Waals surface area contributed by atoms with E-state index in [1.54, 1.807) is 0 Å². The van der Waals surface area contributed by atoms with E-state index in [0.29, 0.717) is 6.07 Å². The van der Waals surface area contributed by atoms with Crippen molar-refractivity contribution in [3.8, 4) is 0 Å². The quantitative estimate of drug-likeness (QED) is 0.860. The fraction of sp³-hybridized carbons (Fsp3) is 0.273. The van der Waals surface area contributed by atoms with Gasteiger partial charge in [-0.2, -0.15) is 13.2 Å². The summed E-state index contributed by atoms with van der Waals surface area (Å²) < 4.78 is 37.9. The summed E-state index contributed by atoms with van der Waals surface area (Å²) in [7, 11) is 0. The first kappa shape index (κ1) is 14.0. The van der Waals surface area contributed by atoms with Crippen LogP contribution in [0, 0.1) is 6.92 Å². The molecular formula is C11H10F3NO3. The maximum atomic E-state index is 12.6. The highest BCUT2D eigenvalue weighted by molar-refractivity contribution is 6.01. The van der Waals surface area contributed by atoms with Crippen LogP contribution in [0.15, 0.2) is 12.1 Å². The largest absolute Gasteiger partial charge is 0.478 e. The van der Waals surface area contributed by atoms with Crippen LogP contribution in [0.1, 0.15) is 28.4 Å². The normalized spacial score (nSPS) is 11.2. The van der Waals surface area contributed by atoms with Gasteiger partial charge in [-0.05, 0) is 24.6 Å². The van der Waals surface area contributed by atoms with Crippen molar-refractivity contribution in [2.45, 2.75) is 20.0 Å². The van der Waals surface area contributed by atoms with Crippen molar-refractivity contribution in [2.24, 2.45) is 0 Å². The Morgan fingerprint density at radius 3 is 2.22 bits per heavy atom. The zero-order valence-corrected chi connectivity index (χ0v) is 9.55. The van der Waals surface area contributed by atoms with Crippen LogP contribution in [0.25, 0.3) is 0 Å². The first-order valence-corrected chi connectivity index (χ1v) is 4.86. The minimum atomic E-state index is -4.60. The number of nitrogens with one attached hydrogen (secondary N) is 1. The number of alkyl halides is 3. The molecule has 2 N–H and O–H groups in total. The number of hydrogen-bond acceptors (Lipinski definition) is 2. The van der Waals surface area contributed by atoms with E-state index in [0.717, 1.165) is 19.9 Å². The Labute approximate surface area is 100 Å². The fourth-order valence-corrected chi connectivity index (χ4v) is 1.53. The molecular weight excluding hydrogens is 251 g/mol. The van der Waals surface area contributed by atoms with Gasteiger partial charge >= 0.3 is 12.1 Å². The molecule has 18 heavy (non-hydrogen) atoms. The molecule has 0 aliphatic carbocycles. The number of carboxylic acids is 1. The van der Waals surface area contributed by atoms with Crippen molar-refractivity contribution < 1.29 is 27.9 Å². The molecule has 0 atom stereocenters. The topological polar surface area (TPSA) is 66.4 Å². The lowest BCUT2D eigenvalue weighted by Gasteiger charge is -2.16. The highest BCUT2D eigenvalue weighted by Gasteiger charge is 2.34. The SMILES string of the molecule is CC(=O)Nc1c(C(=O)O)ccc(C(F)(F)F)c1C. The van der Waals surface area contributed by atoms with Crippen LogP contribution in [0.2, 0.25) is 0 Å². The van der Waals surface area contributed by atoms with E-state index in [4.69, 9.17) is 5.11 Å². The summed E-state index contributed by atoms with van der Waals surface area (Å²) in [5.41, 5.74) is -2.01. The van der Waals surface area contributed by atoms with E-state index in [1.165, 1.54) is 0 Å². The zero-order chi connectivity index (χ0) is 14.1. The van der Waals surface area contributed by atoms with Crippen molar-refractivity contribution in [3.05, 3.63) is 28.8 Å². The molecule has 0 fully saturated rings. The van der Waals surface area contributed by atoms with Crippen LogP contribution in [0.5, 0.6) is 0 Å². The smallest absolute Gasteiger partial charge is 0.416 e. The number of carbonyl (C=O) groups is 2. The molecule has 0 saturated heterocycles. The van der Waals surface area contributed by atoms with Gasteiger partial charge in [-0.3, -0.25) is 4.79 Å².